The standard InChI is InChI=1S/C14H18N2O3S/c17-14(18)16-5-8-20-13-2-1-12(9-11(13)10-16)15-3-6-19-7-4-15/h1-2,9H,3-8,10H2,(H,17,18). The van der Waals surface area contributed by atoms with Crippen LogP contribution in [0.2, 0.25) is 0 Å². The van der Waals surface area contributed by atoms with E-state index in [1.54, 1.807) is 11.8 Å². The smallest absolute Gasteiger partial charge is 0.407 e. The number of rotatable bonds is 1. The monoisotopic (exact) mass is 294 g/mol. The molecule has 1 amide bonds. The van der Waals surface area contributed by atoms with Crippen LogP contribution in [0.5, 0.6) is 0 Å². The van der Waals surface area contributed by atoms with Crippen molar-refractivity contribution in [3.63, 3.8) is 0 Å². The average molecular weight is 294 g/mol. The molecule has 2 aliphatic rings. The summed E-state index contributed by atoms with van der Waals surface area (Å²) in [4.78, 5) is 16.2. The molecular weight excluding hydrogens is 276 g/mol. The minimum absolute atomic E-state index is 0.482. The molecule has 0 radical (unpaired) electrons. The maximum atomic E-state index is 11.2. The molecule has 6 heteroatoms. The van der Waals surface area contributed by atoms with Crippen molar-refractivity contribution < 1.29 is 14.6 Å². The van der Waals surface area contributed by atoms with Crippen LogP contribution in [0.3, 0.4) is 0 Å². The number of benzene rings is 1. The average Bonchev–Trinajstić information content (AvgIpc) is 2.69. The molecule has 0 spiro atoms. The van der Waals surface area contributed by atoms with Crippen LogP contribution < -0.4 is 4.90 Å². The Morgan fingerprint density at radius 3 is 2.80 bits per heavy atom. The number of thioether (sulfide) groups is 1. The molecule has 20 heavy (non-hydrogen) atoms. The normalized spacial score (nSPS) is 19.4. The number of morpholine rings is 1. The molecule has 0 saturated carbocycles. The Morgan fingerprint density at radius 2 is 2.05 bits per heavy atom. The number of fused-ring (bicyclic) bond motifs is 1. The first-order chi connectivity index (χ1) is 9.74. The molecule has 3 rings (SSSR count). The summed E-state index contributed by atoms with van der Waals surface area (Å²) in [5.41, 5.74) is 2.28. The van der Waals surface area contributed by atoms with Gasteiger partial charge in [-0.2, -0.15) is 0 Å². The van der Waals surface area contributed by atoms with E-state index in [9.17, 15) is 9.90 Å². The van der Waals surface area contributed by atoms with Gasteiger partial charge in [-0.3, -0.25) is 0 Å². The zero-order valence-electron chi connectivity index (χ0n) is 11.2. The lowest BCUT2D eigenvalue weighted by Gasteiger charge is -2.29. The van der Waals surface area contributed by atoms with Gasteiger partial charge in [-0.25, -0.2) is 4.79 Å². The molecule has 0 bridgehead atoms. The number of carbonyl (C=O) groups is 1. The molecule has 1 aromatic carbocycles. The number of nitrogens with zero attached hydrogens (tertiary/aromatic N) is 2. The summed E-state index contributed by atoms with van der Waals surface area (Å²) in [5.74, 6) is 0.816. The van der Waals surface area contributed by atoms with Gasteiger partial charge in [0.2, 0.25) is 0 Å². The summed E-state index contributed by atoms with van der Waals surface area (Å²) in [6.45, 7) is 4.38. The summed E-state index contributed by atoms with van der Waals surface area (Å²) >= 11 is 1.74. The van der Waals surface area contributed by atoms with Crippen molar-refractivity contribution in [1.82, 2.24) is 4.90 Å². The molecule has 0 unspecified atom stereocenters. The minimum atomic E-state index is -0.838. The second-order valence-electron chi connectivity index (χ2n) is 4.94. The summed E-state index contributed by atoms with van der Waals surface area (Å²) in [6.07, 6.45) is -0.838. The van der Waals surface area contributed by atoms with Gasteiger partial charge in [-0.05, 0) is 23.8 Å². The van der Waals surface area contributed by atoms with Crippen LogP contribution in [-0.4, -0.2) is 54.7 Å². The quantitative estimate of drug-likeness (QED) is 0.859. The van der Waals surface area contributed by atoms with Gasteiger partial charge in [0.25, 0.3) is 0 Å². The zero-order valence-corrected chi connectivity index (χ0v) is 12.1. The third kappa shape index (κ3) is 2.86. The van der Waals surface area contributed by atoms with Gasteiger partial charge < -0.3 is 19.6 Å². The van der Waals surface area contributed by atoms with Crippen LogP contribution >= 0.6 is 11.8 Å². The van der Waals surface area contributed by atoms with E-state index in [0.717, 1.165) is 37.6 Å². The Morgan fingerprint density at radius 1 is 1.25 bits per heavy atom. The molecule has 1 fully saturated rings. The van der Waals surface area contributed by atoms with Crippen molar-refractivity contribution in [2.75, 3.05) is 43.5 Å². The molecule has 1 N–H and O–H groups in total. The molecule has 1 aromatic rings. The minimum Gasteiger partial charge on any atom is -0.465 e. The first kappa shape index (κ1) is 13.6. The predicted molar refractivity (Wildman–Crippen MR) is 78.6 cm³/mol. The third-order valence-corrected chi connectivity index (χ3v) is 4.77. The van der Waals surface area contributed by atoms with Crippen LogP contribution in [0, 0.1) is 0 Å². The molecule has 2 aliphatic heterocycles. The van der Waals surface area contributed by atoms with Crippen molar-refractivity contribution in [1.29, 1.82) is 0 Å². The Hall–Kier alpha value is -1.40. The molecule has 1 saturated heterocycles. The van der Waals surface area contributed by atoms with E-state index in [2.05, 4.69) is 23.1 Å². The lowest BCUT2D eigenvalue weighted by atomic mass is 10.1. The number of carboxylic acid groups (broad SMARTS) is 1. The Balaban J connectivity index is 1.84. The van der Waals surface area contributed by atoms with Crippen molar-refractivity contribution in [3.8, 4) is 0 Å². The fourth-order valence-corrected chi connectivity index (χ4v) is 3.57. The van der Waals surface area contributed by atoms with E-state index in [-0.39, 0.29) is 0 Å². The number of hydrogen-bond donors (Lipinski definition) is 1. The fourth-order valence-electron chi connectivity index (χ4n) is 2.56. The van der Waals surface area contributed by atoms with Crippen molar-refractivity contribution in [2.45, 2.75) is 11.4 Å². The fraction of sp³-hybridized carbons (Fsp3) is 0.500. The topological polar surface area (TPSA) is 53.0 Å². The molecular formula is C14H18N2O3S. The SMILES string of the molecule is O=C(O)N1CCSc2ccc(N3CCOCC3)cc2C1. The van der Waals surface area contributed by atoms with E-state index in [1.165, 1.54) is 15.5 Å². The van der Waals surface area contributed by atoms with Gasteiger partial charge in [-0.15, -0.1) is 11.8 Å². The van der Waals surface area contributed by atoms with E-state index in [4.69, 9.17) is 4.74 Å². The third-order valence-electron chi connectivity index (χ3n) is 3.67. The first-order valence-corrected chi connectivity index (χ1v) is 7.79. The maximum absolute atomic E-state index is 11.2. The van der Waals surface area contributed by atoms with Crippen LogP contribution in [0.1, 0.15) is 5.56 Å². The number of ether oxygens (including phenoxy) is 1. The molecule has 108 valence electrons. The Bertz CT molecular complexity index is 503. The number of anilines is 1. The highest BCUT2D eigenvalue weighted by atomic mass is 32.2. The van der Waals surface area contributed by atoms with Gasteiger partial charge in [0.1, 0.15) is 0 Å². The first-order valence-electron chi connectivity index (χ1n) is 6.80. The van der Waals surface area contributed by atoms with E-state index in [0.29, 0.717) is 13.1 Å². The van der Waals surface area contributed by atoms with Gasteiger partial charge in [0.05, 0.1) is 19.8 Å². The van der Waals surface area contributed by atoms with E-state index >= 15 is 0 Å². The summed E-state index contributed by atoms with van der Waals surface area (Å²) < 4.78 is 5.37. The van der Waals surface area contributed by atoms with Crippen LogP contribution in [0.15, 0.2) is 23.1 Å². The summed E-state index contributed by atoms with van der Waals surface area (Å²) in [7, 11) is 0. The molecule has 5 nitrogen and oxygen atoms in total. The highest BCUT2D eigenvalue weighted by Gasteiger charge is 2.20. The highest BCUT2D eigenvalue weighted by Crippen LogP contribution is 2.31. The van der Waals surface area contributed by atoms with E-state index < -0.39 is 6.09 Å². The van der Waals surface area contributed by atoms with Crippen LogP contribution in [0.4, 0.5) is 10.5 Å². The Labute approximate surface area is 122 Å². The van der Waals surface area contributed by atoms with Crippen molar-refractivity contribution in [3.05, 3.63) is 23.8 Å². The maximum Gasteiger partial charge on any atom is 0.407 e. The zero-order chi connectivity index (χ0) is 13.9. The second kappa shape index (κ2) is 5.93. The molecule has 2 heterocycles. The number of hydrogen-bond acceptors (Lipinski definition) is 4. The van der Waals surface area contributed by atoms with Crippen LogP contribution in [-0.2, 0) is 11.3 Å². The summed E-state index contributed by atoms with van der Waals surface area (Å²) in [6, 6.07) is 6.39. The predicted octanol–water partition coefficient (Wildman–Crippen LogP) is 2.11. The molecule has 0 aliphatic carbocycles. The van der Waals surface area contributed by atoms with Crippen LogP contribution in [0.25, 0.3) is 0 Å². The Kier molecular flexibility index (Phi) is 4.03. The van der Waals surface area contributed by atoms with Crippen molar-refractivity contribution >= 4 is 23.5 Å². The van der Waals surface area contributed by atoms with Gasteiger partial charge in [-0.1, -0.05) is 0 Å². The van der Waals surface area contributed by atoms with Crippen molar-refractivity contribution in [2.24, 2.45) is 0 Å². The summed E-state index contributed by atoms with van der Waals surface area (Å²) in [5, 5.41) is 9.20. The lowest BCUT2D eigenvalue weighted by Crippen LogP contribution is -2.36. The highest BCUT2D eigenvalue weighted by molar-refractivity contribution is 7.99. The second-order valence-corrected chi connectivity index (χ2v) is 6.08. The molecule has 0 atom stereocenters. The van der Waals surface area contributed by atoms with Gasteiger partial charge >= 0.3 is 6.09 Å². The van der Waals surface area contributed by atoms with Gasteiger partial charge in [0.15, 0.2) is 0 Å². The lowest BCUT2D eigenvalue weighted by molar-refractivity contribution is 0.122. The number of amides is 1. The van der Waals surface area contributed by atoms with Gasteiger partial charge in [0, 0.05) is 36.0 Å². The van der Waals surface area contributed by atoms with E-state index in [1.807, 2.05) is 0 Å². The largest absolute Gasteiger partial charge is 0.465 e. The molecule has 0 aromatic heterocycles.